The second-order valence-electron chi connectivity index (χ2n) is 3.60. The van der Waals surface area contributed by atoms with E-state index in [1.807, 2.05) is 0 Å². The molecule has 0 heterocycles. The Labute approximate surface area is 206 Å². The second kappa shape index (κ2) is 13.4. The van der Waals surface area contributed by atoms with Gasteiger partial charge in [0.15, 0.2) is 40.5 Å². The minimum Gasteiger partial charge on any atom is -0.741 e. The van der Waals surface area contributed by atoms with Crippen molar-refractivity contribution in [1.82, 2.24) is 0 Å². The third-order valence-electron chi connectivity index (χ3n) is 1.13. The van der Waals surface area contributed by atoms with Crippen molar-refractivity contribution in [3.05, 3.63) is 0 Å². The van der Waals surface area contributed by atoms with Crippen LogP contribution in [0.25, 0.3) is 0 Å². The van der Waals surface area contributed by atoms with Gasteiger partial charge in [-0.1, -0.05) is 0 Å². The summed E-state index contributed by atoms with van der Waals surface area (Å²) in [6, 6.07) is 0. The van der Waals surface area contributed by atoms with Crippen molar-refractivity contribution in [1.29, 1.82) is 0 Å². The van der Waals surface area contributed by atoms with Crippen LogP contribution in [0.4, 0.5) is 52.7 Å². The maximum absolute atomic E-state index is 10.7. The summed E-state index contributed by atoms with van der Waals surface area (Å²) in [6.07, 6.45) is 0. The number of rotatable bonds is 0. The Bertz CT molecular complexity index is 828. The summed E-state index contributed by atoms with van der Waals surface area (Å²) in [5.74, 6) is 0. The zero-order valence-electron chi connectivity index (χ0n) is 13.6. The first-order valence-electron chi connectivity index (χ1n) is 5.08. The van der Waals surface area contributed by atoms with Crippen LogP contribution in [0.5, 0.6) is 0 Å². The number of hydrogen-bond acceptors (Lipinski definition) is 12. The average molecular weight is 828 g/mol. The van der Waals surface area contributed by atoms with Gasteiger partial charge < -0.3 is 18.2 Å². The van der Waals surface area contributed by atoms with Crippen molar-refractivity contribution in [2.75, 3.05) is 0 Å². The molecule has 200 valence electrons. The molecule has 0 aromatic rings. The zero-order chi connectivity index (χ0) is 28.0. The normalized spacial score (nSPS) is 13.6. The van der Waals surface area contributed by atoms with Gasteiger partial charge in [-0.25, -0.2) is 33.7 Å². The van der Waals surface area contributed by atoms with Gasteiger partial charge in [0.25, 0.3) is 0 Å². The molecule has 0 fully saturated rings. The van der Waals surface area contributed by atoms with Crippen LogP contribution in [-0.2, 0) is 40.5 Å². The van der Waals surface area contributed by atoms with E-state index >= 15 is 0 Å². The molecule has 29 heteroatoms. The van der Waals surface area contributed by atoms with Crippen molar-refractivity contribution in [2.24, 2.45) is 0 Å². The molecule has 0 atom stereocenters. The van der Waals surface area contributed by atoms with Crippen LogP contribution in [0, 0.1) is 39.9 Å². The SMILES string of the molecule is O=S(=O)([O-])C(F)(F)F.O=S(=O)([O-])C(F)(F)F.O=S(=O)([O-])C(F)(F)F.O=S(=O)([O-])C(F)(F)F.[Th+4]. The first-order chi connectivity index (χ1) is 13.0. The van der Waals surface area contributed by atoms with E-state index in [9.17, 15) is 52.7 Å². The van der Waals surface area contributed by atoms with Crippen LogP contribution in [0.3, 0.4) is 0 Å². The van der Waals surface area contributed by atoms with Crippen LogP contribution >= 0.6 is 0 Å². The molecule has 0 saturated heterocycles. The Morgan fingerprint density at radius 2 is 0.364 bits per heavy atom. The van der Waals surface area contributed by atoms with Crippen molar-refractivity contribution < 1.29 is 145 Å². The molecular weight excluding hydrogens is 828 g/mol. The topological polar surface area (TPSA) is 229 Å². The molecule has 0 unspecified atom stereocenters. The number of alkyl halides is 12. The van der Waals surface area contributed by atoms with Gasteiger partial charge in [0.2, 0.25) is 0 Å². The molecule has 0 radical (unpaired) electrons. The Morgan fingerprint density at radius 1 is 0.333 bits per heavy atom. The van der Waals surface area contributed by atoms with Crippen molar-refractivity contribution in [3.8, 4) is 0 Å². The zero-order valence-corrected chi connectivity index (χ0v) is 20.9. The van der Waals surface area contributed by atoms with E-state index in [0.717, 1.165) is 0 Å². The molecule has 0 aliphatic rings. The Hall–Kier alpha value is 0.125. The largest absolute Gasteiger partial charge is 4.00 e. The Balaban J connectivity index is -0.000000105. The van der Waals surface area contributed by atoms with Gasteiger partial charge in [0.1, 0.15) is 0 Å². The first-order valence-corrected chi connectivity index (χ1v) is 10.7. The fourth-order valence-electron chi connectivity index (χ4n) is 0. The fraction of sp³-hybridized carbons (Fsp3) is 1.00. The van der Waals surface area contributed by atoms with Gasteiger partial charge >= 0.3 is 62.0 Å². The summed E-state index contributed by atoms with van der Waals surface area (Å²) in [5, 5.41) is 0. The summed E-state index contributed by atoms with van der Waals surface area (Å²) in [4.78, 5) is 0. The van der Waals surface area contributed by atoms with E-state index < -0.39 is 62.5 Å². The third kappa shape index (κ3) is 22.3. The third-order valence-corrected chi connectivity index (χ3v) is 3.40. The van der Waals surface area contributed by atoms with Gasteiger partial charge in [0, 0.05) is 0 Å². The fourth-order valence-corrected chi connectivity index (χ4v) is 0. The van der Waals surface area contributed by atoms with E-state index in [1.54, 1.807) is 0 Å². The predicted octanol–water partition coefficient (Wildman–Crippen LogP) is 0.206. The van der Waals surface area contributed by atoms with Gasteiger partial charge in [-0.3, -0.25) is 0 Å². The molecule has 0 N–H and O–H groups in total. The second-order valence-corrected chi connectivity index (χ2v) is 9.08. The average Bonchev–Trinajstić information content (AvgIpc) is 2.30. The smallest absolute Gasteiger partial charge is 0.741 e. The number of halogens is 12. The summed E-state index contributed by atoms with van der Waals surface area (Å²) >= 11 is 0. The molecule has 0 bridgehead atoms. The van der Waals surface area contributed by atoms with E-state index in [-0.39, 0.29) is 39.9 Å². The van der Waals surface area contributed by atoms with Crippen LogP contribution in [0.15, 0.2) is 0 Å². The van der Waals surface area contributed by atoms with Gasteiger partial charge in [0.05, 0.1) is 0 Å². The van der Waals surface area contributed by atoms with Gasteiger partial charge in [-0.05, 0) is 0 Å². The van der Waals surface area contributed by atoms with E-state index in [1.165, 1.54) is 0 Å². The quantitative estimate of drug-likeness (QED) is 0.181. The predicted molar refractivity (Wildman–Crippen MR) is 63.0 cm³/mol. The minimum atomic E-state index is -6.09. The molecule has 0 aromatic heterocycles. The molecule has 33 heavy (non-hydrogen) atoms. The van der Waals surface area contributed by atoms with Gasteiger partial charge in [-0.2, -0.15) is 52.7 Å². The van der Waals surface area contributed by atoms with E-state index in [4.69, 9.17) is 51.9 Å². The summed E-state index contributed by atoms with van der Waals surface area (Å²) < 4.78 is 236. The molecule has 0 aliphatic heterocycles. The maximum atomic E-state index is 10.7. The molecular formula is C4F12O12S4Th. The minimum absolute atomic E-state index is 0. The van der Waals surface area contributed by atoms with E-state index in [0.29, 0.717) is 0 Å². The molecule has 0 aliphatic carbocycles. The molecule has 0 amide bonds. The van der Waals surface area contributed by atoms with Crippen molar-refractivity contribution >= 4 is 40.5 Å². The molecule has 0 saturated carbocycles. The Kier molecular flexibility index (Phi) is 17.6. The first kappa shape index (κ1) is 43.2. The summed E-state index contributed by atoms with van der Waals surface area (Å²) in [5.41, 5.74) is -22.6. The molecule has 0 spiro atoms. The van der Waals surface area contributed by atoms with Crippen molar-refractivity contribution in [3.63, 3.8) is 0 Å². The Morgan fingerprint density at radius 3 is 0.364 bits per heavy atom. The van der Waals surface area contributed by atoms with Crippen LogP contribution in [0.1, 0.15) is 0 Å². The number of hydrogen-bond donors (Lipinski definition) is 0. The molecule has 0 rings (SSSR count). The van der Waals surface area contributed by atoms with Crippen LogP contribution in [0.2, 0.25) is 0 Å². The van der Waals surface area contributed by atoms with Crippen molar-refractivity contribution in [2.45, 2.75) is 22.0 Å². The standard InChI is InChI=1S/4CHF3O3S.Th/c4*2-1(3,4)8(5,6)7;/h4*(H,5,6,7);/q;;;;+4/p-4. The van der Waals surface area contributed by atoms with E-state index in [2.05, 4.69) is 0 Å². The molecule has 0 aromatic carbocycles. The van der Waals surface area contributed by atoms with Gasteiger partial charge in [-0.15, -0.1) is 0 Å². The van der Waals surface area contributed by atoms with Crippen LogP contribution in [-0.4, -0.2) is 73.9 Å². The monoisotopic (exact) mass is 828 g/mol. The molecule has 12 nitrogen and oxygen atoms in total. The summed E-state index contributed by atoms with van der Waals surface area (Å²) in [6.45, 7) is 0. The van der Waals surface area contributed by atoms with Crippen LogP contribution < -0.4 is 0 Å². The maximum Gasteiger partial charge on any atom is 4.00 e. The summed E-state index contributed by atoms with van der Waals surface area (Å²) in [7, 11) is -24.4.